The Morgan fingerprint density at radius 1 is 1.39 bits per heavy atom. The van der Waals surface area contributed by atoms with Gasteiger partial charge in [0.1, 0.15) is 0 Å². The molecule has 1 amide bonds. The Bertz CT molecular complexity index is 287. The van der Waals surface area contributed by atoms with E-state index in [0.717, 1.165) is 50.7 Å². The van der Waals surface area contributed by atoms with Gasteiger partial charge in [-0.1, -0.05) is 20.8 Å². The van der Waals surface area contributed by atoms with Gasteiger partial charge < -0.3 is 10.2 Å². The highest BCUT2D eigenvalue weighted by Gasteiger charge is 2.42. The first-order chi connectivity index (χ1) is 8.59. The van der Waals surface area contributed by atoms with Crippen LogP contribution < -0.4 is 5.32 Å². The lowest BCUT2D eigenvalue weighted by Gasteiger charge is -2.39. The minimum atomic E-state index is -0.231. The number of carbonyl (C=O) groups excluding carboxylic acids is 1. The molecule has 0 radical (unpaired) electrons. The zero-order valence-corrected chi connectivity index (χ0v) is 12.2. The summed E-state index contributed by atoms with van der Waals surface area (Å²) in [4.78, 5) is 14.8. The number of nitrogens with one attached hydrogen (secondary N) is 1. The molecule has 0 aromatic carbocycles. The van der Waals surface area contributed by atoms with Crippen molar-refractivity contribution in [1.29, 1.82) is 0 Å². The number of carbonyl (C=O) groups is 1. The second-order valence-electron chi connectivity index (χ2n) is 6.34. The van der Waals surface area contributed by atoms with Crippen LogP contribution in [-0.2, 0) is 4.79 Å². The third-order valence-corrected chi connectivity index (χ3v) is 5.03. The molecule has 18 heavy (non-hydrogen) atoms. The molecule has 1 unspecified atom stereocenters. The Balaban J connectivity index is 1.94. The van der Waals surface area contributed by atoms with Gasteiger partial charge in [-0.3, -0.25) is 4.79 Å². The Morgan fingerprint density at radius 3 is 2.50 bits per heavy atom. The molecule has 1 atom stereocenters. The van der Waals surface area contributed by atoms with Gasteiger partial charge in [0.15, 0.2) is 0 Å². The normalized spacial score (nSPS) is 30.1. The van der Waals surface area contributed by atoms with Crippen LogP contribution in [0, 0.1) is 11.8 Å². The zero-order valence-electron chi connectivity index (χ0n) is 12.2. The standard InChI is InChI=1S/C15H28N2O/c1-4-15(8-5-9-16-15)14(18)17-10-6-13(7-11-17)12(2)3/h12-13,16H,4-11H2,1-3H3. The smallest absolute Gasteiger partial charge is 0.242 e. The summed E-state index contributed by atoms with van der Waals surface area (Å²) in [6, 6.07) is 0. The fourth-order valence-electron chi connectivity index (χ4n) is 3.51. The molecule has 2 fully saturated rings. The molecule has 0 aliphatic carbocycles. The van der Waals surface area contributed by atoms with Gasteiger partial charge in [-0.2, -0.15) is 0 Å². The topological polar surface area (TPSA) is 32.3 Å². The minimum Gasteiger partial charge on any atom is -0.341 e. The molecule has 2 saturated heterocycles. The summed E-state index contributed by atoms with van der Waals surface area (Å²) in [7, 11) is 0. The first-order valence-corrected chi connectivity index (χ1v) is 7.63. The number of likely N-dealkylation sites (tertiary alicyclic amines) is 1. The summed E-state index contributed by atoms with van der Waals surface area (Å²) < 4.78 is 0. The number of hydrogen-bond acceptors (Lipinski definition) is 2. The van der Waals surface area contributed by atoms with Gasteiger partial charge in [-0.15, -0.1) is 0 Å². The highest BCUT2D eigenvalue weighted by molar-refractivity contribution is 5.86. The molecule has 3 nitrogen and oxygen atoms in total. The first-order valence-electron chi connectivity index (χ1n) is 7.63. The third kappa shape index (κ3) is 2.56. The summed E-state index contributed by atoms with van der Waals surface area (Å²) in [6.45, 7) is 9.66. The monoisotopic (exact) mass is 252 g/mol. The second kappa shape index (κ2) is 5.60. The van der Waals surface area contributed by atoms with Gasteiger partial charge in [0.2, 0.25) is 5.91 Å². The molecule has 0 aromatic rings. The molecule has 104 valence electrons. The van der Waals surface area contributed by atoms with Crippen molar-refractivity contribution in [2.45, 2.75) is 58.4 Å². The van der Waals surface area contributed by atoms with E-state index < -0.39 is 0 Å². The van der Waals surface area contributed by atoms with Gasteiger partial charge >= 0.3 is 0 Å². The number of rotatable bonds is 3. The van der Waals surface area contributed by atoms with Crippen molar-refractivity contribution in [2.75, 3.05) is 19.6 Å². The zero-order chi connectivity index (χ0) is 13.2. The van der Waals surface area contributed by atoms with Crippen molar-refractivity contribution in [3.8, 4) is 0 Å². The summed E-state index contributed by atoms with van der Waals surface area (Å²) in [5.41, 5.74) is -0.231. The Morgan fingerprint density at radius 2 is 2.06 bits per heavy atom. The molecule has 0 spiro atoms. The molecule has 0 aromatic heterocycles. The minimum absolute atomic E-state index is 0.231. The fourth-order valence-corrected chi connectivity index (χ4v) is 3.51. The largest absolute Gasteiger partial charge is 0.341 e. The predicted octanol–water partition coefficient (Wildman–Crippen LogP) is 2.41. The summed E-state index contributed by atoms with van der Waals surface area (Å²) in [5.74, 6) is 1.93. The van der Waals surface area contributed by atoms with Crippen LogP contribution in [0.4, 0.5) is 0 Å². The van der Waals surface area contributed by atoms with Gasteiger partial charge in [-0.05, 0) is 50.5 Å². The van der Waals surface area contributed by atoms with Crippen LogP contribution in [0.1, 0.15) is 52.9 Å². The Hall–Kier alpha value is -0.570. The van der Waals surface area contributed by atoms with Crippen molar-refractivity contribution in [1.82, 2.24) is 10.2 Å². The van der Waals surface area contributed by atoms with Crippen LogP contribution in [-0.4, -0.2) is 36.0 Å². The maximum atomic E-state index is 12.7. The summed E-state index contributed by atoms with van der Waals surface area (Å²) in [5, 5.41) is 3.46. The molecule has 2 rings (SSSR count). The van der Waals surface area contributed by atoms with E-state index >= 15 is 0 Å². The van der Waals surface area contributed by atoms with Crippen molar-refractivity contribution in [3.05, 3.63) is 0 Å². The molecule has 2 heterocycles. The predicted molar refractivity (Wildman–Crippen MR) is 74.4 cm³/mol. The lowest BCUT2D eigenvalue weighted by atomic mass is 9.85. The fraction of sp³-hybridized carbons (Fsp3) is 0.933. The average molecular weight is 252 g/mol. The third-order valence-electron chi connectivity index (χ3n) is 5.03. The van der Waals surface area contributed by atoms with Crippen LogP contribution in [0.2, 0.25) is 0 Å². The molecule has 0 bridgehead atoms. The molecule has 1 N–H and O–H groups in total. The molecule has 3 heteroatoms. The molecule has 0 saturated carbocycles. The number of nitrogens with zero attached hydrogens (tertiary/aromatic N) is 1. The van der Waals surface area contributed by atoms with E-state index in [-0.39, 0.29) is 5.54 Å². The highest BCUT2D eigenvalue weighted by atomic mass is 16.2. The van der Waals surface area contributed by atoms with E-state index in [1.807, 2.05) is 0 Å². The number of piperidine rings is 1. The average Bonchev–Trinajstić information content (AvgIpc) is 2.88. The lowest BCUT2D eigenvalue weighted by Crippen LogP contribution is -2.56. The number of hydrogen-bond donors (Lipinski definition) is 1. The van der Waals surface area contributed by atoms with E-state index in [9.17, 15) is 4.79 Å². The van der Waals surface area contributed by atoms with Gasteiger partial charge in [0.25, 0.3) is 0 Å². The SMILES string of the molecule is CCC1(C(=O)N2CCC(C(C)C)CC2)CCCN1. The van der Waals surface area contributed by atoms with Crippen LogP contribution >= 0.6 is 0 Å². The van der Waals surface area contributed by atoms with Crippen molar-refractivity contribution >= 4 is 5.91 Å². The van der Waals surface area contributed by atoms with E-state index in [1.165, 1.54) is 12.8 Å². The molecule has 2 aliphatic rings. The second-order valence-corrected chi connectivity index (χ2v) is 6.34. The molecular weight excluding hydrogens is 224 g/mol. The maximum Gasteiger partial charge on any atom is 0.242 e. The van der Waals surface area contributed by atoms with Gasteiger partial charge in [0, 0.05) is 13.1 Å². The first kappa shape index (κ1) is 13.9. The van der Waals surface area contributed by atoms with Crippen molar-refractivity contribution in [2.24, 2.45) is 11.8 Å². The van der Waals surface area contributed by atoms with E-state index in [4.69, 9.17) is 0 Å². The van der Waals surface area contributed by atoms with Crippen LogP contribution in [0.3, 0.4) is 0 Å². The lowest BCUT2D eigenvalue weighted by molar-refractivity contribution is -0.139. The van der Waals surface area contributed by atoms with Gasteiger partial charge in [-0.25, -0.2) is 0 Å². The van der Waals surface area contributed by atoms with Gasteiger partial charge in [0.05, 0.1) is 5.54 Å². The van der Waals surface area contributed by atoms with Crippen LogP contribution in [0.25, 0.3) is 0 Å². The molecule has 2 aliphatic heterocycles. The summed E-state index contributed by atoms with van der Waals surface area (Å²) >= 11 is 0. The van der Waals surface area contributed by atoms with Crippen LogP contribution in [0.5, 0.6) is 0 Å². The Kier molecular flexibility index (Phi) is 4.31. The van der Waals surface area contributed by atoms with Crippen LogP contribution in [0.15, 0.2) is 0 Å². The van der Waals surface area contributed by atoms with E-state index in [2.05, 4.69) is 31.0 Å². The highest BCUT2D eigenvalue weighted by Crippen LogP contribution is 2.29. The Labute approximate surface area is 111 Å². The van der Waals surface area contributed by atoms with E-state index in [1.54, 1.807) is 0 Å². The maximum absolute atomic E-state index is 12.7. The van der Waals surface area contributed by atoms with E-state index in [0.29, 0.717) is 5.91 Å². The summed E-state index contributed by atoms with van der Waals surface area (Å²) in [6.07, 6.45) is 5.46. The molecular formula is C15H28N2O. The van der Waals surface area contributed by atoms with Crippen molar-refractivity contribution < 1.29 is 4.79 Å². The quantitative estimate of drug-likeness (QED) is 0.836. The van der Waals surface area contributed by atoms with Crippen molar-refractivity contribution in [3.63, 3.8) is 0 Å². The number of amides is 1.